The van der Waals surface area contributed by atoms with Gasteiger partial charge in [-0.1, -0.05) is 23.7 Å². The first-order chi connectivity index (χ1) is 12.8. The van der Waals surface area contributed by atoms with Crippen molar-refractivity contribution in [2.24, 2.45) is 0 Å². The molecule has 0 amide bonds. The zero-order chi connectivity index (χ0) is 17.8. The molecule has 1 fully saturated rings. The Morgan fingerprint density at radius 2 is 2.00 bits per heavy atom. The first-order valence-electron chi connectivity index (χ1n) is 8.83. The first kappa shape index (κ1) is 17.0. The van der Waals surface area contributed by atoms with E-state index < -0.39 is 0 Å². The summed E-state index contributed by atoms with van der Waals surface area (Å²) in [7, 11) is 0. The minimum absolute atomic E-state index is 0.413. The average molecular weight is 369 g/mol. The molecule has 0 aliphatic carbocycles. The maximum absolute atomic E-state index is 6.25. The van der Waals surface area contributed by atoms with Crippen LogP contribution in [0.3, 0.4) is 0 Å². The summed E-state index contributed by atoms with van der Waals surface area (Å²) < 4.78 is 1.82. The van der Waals surface area contributed by atoms with Crippen molar-refractivity contribution in [1.82, 2.24) is 25.1 Å². The van der Waals surface area contributed by atoms with Gasteiger partial charge in [-0.25, -0.2) is 14.6 Å². The summed E-state index contributed by atoms with van der Waals surface area (Å²) in [6.07, 6.45) is 9.79. The van der Waals surface area contributed by atoms with Gasteiger partial charge >= 0.3 is 0 Å². The smallest absolute Gasteiger partial charge is 0.225 e. The van der Waals surface area contributed by atoms with Crippen LogP contribution in [0, 0.1) is 0 Å². The van der Waals surface area contributed by atoms with Crippen molar-refractivity contribution in [3.63, 3.8) is 0 Å². The molecule has 0 spiro atoms. The average Bonchev–Trinajstić information content (AvgIpc) is 3.16. The Morgan fingerprint density at radius 3 is 2.85 bits per heavy atom. The predicted molar refractivity (Wildman–Crippen MR) is 103 cm³/mol. The van der Waals surface area contributed by atoms with Crippen molar-refractivity contribution in [1.29, 1.82) is 0 Å². The zero-order valence-electron chi connectivity index (χ0n) is 14.4. The second-order valence-corrected chi connectivity index (χ2v) is 6.87. The summed E-state index contributed by atoms with van der Waals surface area (Å²) in [6, 6.07) is 9.98. The Bertz CT molecular complexity index is 850. The van der Waals surface area contributed by atoms with Gasteiger partial charge in [0.1, 0.15) is 0 Å². The molecule has 0 radical (unpaired) electrons. The Hall–Kier alpha value is -2.44. The van der Waals surface area contributed by atoms with Crippen molar-refractivity contribution in [2.75, 3.05) is 18.0 Å². The van der Waals surface area contributed by atoms with Gasteiger partial charge in [0, 0.05) is 49.8 Å². The molecular weight excluding hydrogens is 348 g/mol. The lowest BCUT2D eigenvalue weighted by atomic mass is 10.1. The fourth-order valence-corrected chi connectivity index (χ4v) is 3.49. The molecule has 1 saturated heterocycles. The molecule has 2 aromatic heterocycles. The van der Waals surface area contributed by atoms with Crippen molar-refractivity contribution in [3.05, 3.63) is 65.7 Å². The third-order valence-corrected chi connectivity index (χ3v) is 4.91. The van der Waals surface area contributed by atoms with Crippen molar-refractivity contribution in [2.45, 2.75) is 25.4 Å². The maximum Gasteiger partial charge on any atom is 0.225 e. The molecule has 1 atom stereocenters. The maximum atomic E-state index is 6.25. The molecule has 1 aromatic carbocycles. The number of para-hydroxylation sites is 1. The van der Waals surface area contributed by atoms with Crippen molar-refractivity contribution >= 4 is 17.5 Å². The highest BCUT2D eigenvalue weighted by Crippen LogP contribution is 2.20. The first-order valence-corrected chi connectivity index (χ1v) is 9.21. The van der Waals surface area contributed by atoms with Crippen LogP contribution in [0.2, 0.25) is 5.02 Å². The Morgan fingerprint density at radius 1 is 1.15 bits per heavy atom. The summed E-state index contributed by atoms with van der Waals surface area (Å²) in [5.74, 6) is 0.811. The quantitative estimate of drug-likeness (QED) is 0.750. The number of benzene rings is 1. The van der Waals surface area contributed by atoms with E-state index in [0.29, 0.717) is 11.1 Å². The second kappa shape index (κ2) is 7.85. The largest absolute Gasteiger partial charge is 0.339 e. The van der Waals surface area contributed by atoms with Gasteiger partial charge in [0.25, 0.3) is 0 Å². The van der Waals surface area contributed by atoms with Gasteiger partial charge < -0.3 is 10.2 Å². The van der Waals surface area contributed by atoms with Crippen LogP contribution in [-0.4, -0.2) is 38.9 Å². The van der Waals surface area contributed by atoms with Crippen LogP contribution in [-0.2, 0) is 6.54 Å². The number of piperidine rings is 1. The molecule has 4 rings (SSSR count). The number of rotatable bonds is 5. The van der Waals surface area contributed by atoms with Crippen LogP contribution >= 0.6 is 11.6 Å². The van der Waals surface area contributed by atoms with E-state index >= 15 is 0 Å². The van der Waals surface area contributed by atoms with Gasteiger partial charge in [-0.05, 0) is 31.0 Å². The van der Waals surface area contributed by atoms with Crippen LogP contribution in [0.25, 0.3) is 5.69 Å². The third-order valence-electron chi connectivity index (χ3n) is 4.59. The minimum atomic E-state index is 0.413. The minimum Gasteiger partial charge on any atom is -0.339 e. The molecule has 0 bridgehead atoms. The Labute approximate surface area is 157 Å². The molecule has 0 saturated carbocycles. The molecule has 6 nitrogen and oxygen atoms in total. The van der Waals surface area contributed by atoms with E-state index in [4.69, 9.17) is 11.6 Å². The zero-order valence-corrected chi connectivity index (χ0v) is 15.2. The third kappa shape index (κ3) is 3.86. The van der Waals surface area contributed by atoms with Crippen LogP contribution in [0.15, 0.2) is 55.1 Å². The standard InChI is InChI=1S/C19H21ClN6/c20-17-6-1-2-7-18(17)26-13-15(12-24-26)11-23-16-5-3-10-25(14-16)19-21-8-4-9-22-19/h1-2,4,6-9,12-13,16,23H,3,5,10-11,14H2/t16-/m1/s1. The van der Waals surface area contributed by atoms with Crippen LogP contribution in [0.4, 0.5) is 5.95 Å². The topological polar surface area (TPSA) is 58.9 Å². The second-order valence-electron chi connectivity index (χ2n) is 6.46. The summed E-state index contributed by atoms with van der Waals surface area (Å²) in [5, 5.41) is 8.76. The summed E-state index contributed by atoms with van der Waals surface area (Å²) in [6.45, 7) is 2.70. The van der Waals surface area contributed by atoms with Gasteiger partial charge in [0.2, 0.25) is 5.95 Å². The number of nitrogens with zero attached hydrogens (tertiary/aromatic N) is 5. The highest BCUT2D eigenvalue weighted by Gasteiger charge is 2.21. The molecule has 1 aliphatic heterocycles. The lowest BCUT2D eigenvalue weighted by Gasteiger charge is -2.33. The van der Waals surface area contributed by atoms with Crippen LogP contribution in [0.5, 0.6) is 0 Å². The number of aromatic nitrogens is 4. The van der Waals surface area contributed by atoms with Crippen molar-refractivity contribution in [3.8, 4) is 5.69 Å². The van der Waals surface area contributed by atoms with Gasteiger partial charge in [-0.2, -0.15) is 5.10 Å². The summed E-state index contributed by atoms with van der Waals surface area (Å²) in [5.41, 5.74) is 2.03. The van der Waals surface area contributed by atoms with E-state index in [-0.39, 0.29) is 0 Å². The molecule has 3 aromatic rings. The molecule has 1 N–H and O–H groups in total. The number of halogens is 1. The molecule has 134 valence electrons. The predicted octanol–water partition coefficient (Wildman–Crippen LogP) is 3.07. The van der Waals surface area contributed by atoms with E-state index in [1.165, 1.54) is 0 Å². The lowest BCUT2D eigenvalue weighted by molar-refractivity contribution is 0.418. The summed E-state index contributed by atoms with van der Waals surface area (Å²) >= 11 is 6.25. The molecule has 1 aliphatic rings. The van der Waals surface area contributed by atoms with Crippen molar-refractivity contribution < 1.29 is 0 Å². The summed E-state index contributed by atoms with van der Waals surface area (Å²) in [4.78, 5) is 11.0. The van der Waals surface area contributed by atoms with E-state index in [1.807, 2.05) is 47.4 Å². The van der Waals surface area contributed by atoms with Crippen LogP contribution < -0.4 is 10.2 Å². The molecule has 26 heavy (non-hydrogen) atoms. The molecule has 7 heteroatoms. The SMILES string of the molecule is Clc1ccccc1-n1cc(CN[C@@H]2CCCN(c3ncccn3)C2)cn1. The van der Waals surface area contributed by atoms with E-state index in [9.17, 15) is 0 Å². The molecule has 3 heterocycles. The number of hydrogen-bond donors (Lipinski definition) is 1. The van der Waals surface area contributed by atoms with E-state index in [1.54, 1.807) is 12.4 Å². The highest BCUT2D eigenvalue weighted by molar-refractivity contribution is 6.32. The lowest BCUT2D eigenvalue weighted by Crippen LogP contribution is -2.46. The fraction of sp³-hybridized carbons (Fsp3) is 0.316. The van der Waals surface area contributed by atoms with Crippen LogP contribution in [0.1, 0.15) is 18.4 Å². The number of anilines is 1. The molecule has 0 unspecified atom stereocenters. The number of nitrogens with one attached hydrogen (secondary N) is 1. The van der Waals surface area contributed by atoms with E-state index in [2.05, 4.69) is 25.3 Å². The number of hydrogen-bond acceptors (Lipinski definition) is 5. The highest BCUT2D eigenvalue weighted by atomic mass is 35.5. The van der Waals surface area contributed by atoms with Gasteiger partial charge in [-0.15, -0.1) is 0 Å². The van der Waals surface area contributed by atoms with Gasteiger partial charge in [0.05, 0.1) is 16.9 Å². The fourth-order valence-electron chi connectivity index (χ4n) is 3.26. The Kier molecular flexibility index (Phi) is 5.13. The Balaban J connectivity index is 1.36. The van der Waals surface area contributed by atoms with Gasteiger partial charge in [-0.3, -0.25) is 0 Å². The molecular formula is C19H21ClN6. The normalized spacial score (nSPS) is 17.4. The van der Waals surface area contributed by atoms with Gasteiger partial charge in [0.15, 0.2) is 0 Å². The van der Waals surface area contributed by atoms with E-state index in [0.717, 1.165) is 49.7 Å². The monoisotopic (exact) mass is 368 g/mol.